The number of para-hydroxylation sites is 1. The van der Waals surface area contributed by atoms with Crippen molar-refractivity contribution >= 4 is 32.6 Å². The molecule has 3 N–H and O–H groups in total. The molecule has 0 spiro atoms. The van der Waals surface area contributed by atoms with Crippen molar-refractivity contribution < 1.29 is 4.79 Å². The molecular weight excluding hydrogens is 260 g/mol. The number of hydrazine groups is 1. The van der Waals surface area contributed by atoms with E-state index in [1.807, 2.05) is 18.2 Å². The Labute approximate surface area is 115 Å². The highest BCUT2D eigenvalue weighted by Crippen LogP contribution is 2.31. The predicted octanol–water partition coefficient (Wildman–Crippen LogP) is 1.50. The van der Waals surface area contributed by atoms with E-state index in [4.69, 9.17) is 5.84 Å². The number of rotatable bonds is 2. The van der Waals surface area contributed by atoms with Gasteiger partial charge in [-0.25, -0.2) is 10.8 Å². The first kappa shape index (κ1) is 12.4. The Hall–Kier alpha value is -1.66. The molecule has 1 aliphatic heterocycles. The van der Waals surface area contributed by atoms with E-state index >= 15 is 0 Å². The minimum Gasteiger partial charge on any atom is -0.347 e. The number of carbonyl (C=O) groups excluding carboxylic acids is 1. The van der Waals surface area contributed by atoms with Crippen LogP contribution in [0.15, 0.2) is 24.3 Å². The van der Waals surface area contributed by atoms with Gasteiger partial charge in [-0.3, -0.25) is 10.2 Å². The summed E-state index contributed by atoms with van der Waals surface area (Å²) in [6.07, 6.45) is 1.89. The molecule has 1 saturated heterocycles. The Bertz CT molecular complexity index is 564. The molecule has 19 heavy (non-hydrogen) atoms. The number of nitrogens with two attached hydrogens (primary N) is 1. The number of amides is 1. The van der Waals surface area contributed by atoms with E-state index in [2.05, 4.69) is 21.4 Å². The Morgan fingerprint density at radius 3 is 3.11 bits per heavy atom. The highest BCUT2D eigenvalue weighted by atomic mass is 32.1. The Kier molecular flexibility index (Phi) is 3.35. The van der Waals surface area contributed by atoms with E-state index in [1.54, 1.807) is 11.3 Å². The van der Waals surface area contributed by atoms with Crippen LogP contribution in [0, 0.1) is 5.92 Å². The lowest BCUT2D eigenvalue weighted by molar-refractivity contribution is -0.125. The van der Waals surface area contributed by atoms with Gasteiger partial charge in [-0.15, -0.1) is 0 Å². The molecule has 1 fully saturated rings. The molecule has 0 radical (unpaired) electrons. The number of carbonyl (C=O) groups is 1. The van der Waals surface area contributed by atoms with E-state index in [9.17, 15) is 4.79 Å². The number of anilines is 1. The van der Waals surface area contributed by atoms with Gasteiger partial charge < -0.3 is 4.90 Å². The van der Waals surface area contributed by atoms with E-state index in [0.29, 0.717) is 6.54 Å². The number of fused-ring (bicyclic) bond motifs is 1. The van der Waals surface area contributed by atoms with Crippen molar-refractivity contribution in [3.05, 3.63) is 24.3 Å². The smallest absolute Gasteiger partial charge is 0.238 e. The molecule has 0 aliphatic carbocycles. The lowest BCUT2D eigenvalue weighted by Crippen LogP contribution is -2.45. The molecule has 1 aliphatic rings. The zero-order valence-corrected chi connectivity index (χ0v) is 11.3. The van der Waals surface area contributed by atoms with Crippen LogP contribution in [0.5, 0.6) is 0 Å². The molecule has 5 nitrogen and oxygen atoms in total. The summed E-state index contributed by atoms with van der Waals surface area (Å²) in [4.78, 5) is 18.5. The first-order valence-corrected chi connectivity index (χ1v) is 7.20. The number of hydrogen-bond acceptors (Lipinski definition) is 5. The van der Waals surface area contributed by atoms with Crippen molar-refractivity contribution in [2.45, 2.75) is 12.8 Å². The van der Waals surface area contributed by atoms with Crippen molar-refractivity contribution in [3.8, 4) is 0 Å². The second kappa shape index (κ2) is 5.14. The SMILES string of the molecule is NNC(=O)C1CCCN(c2nc3ccccc3s2)C1. The third-order valence-corrected chi connectivity index (χ3v) is 4.58. The van der Waals surface area contributed by atoms with Crippen molar-refractivity contribution in [3.63, 3.8) is 0 Å². The molecule has 1 amide bonds. The molecular formula is C13H16N4OS. The molecule has 1 atom stereocenters. The summed E-state index contributed by atoms with van der Waals surface area (Å²) in [5.74, 6) is 5.10. The molecule has 1 unspecified atom stereocenters. The van der Waals surface area contributed by atoms with Crippen LogP contribution in [-0.4, -0.2) is 24.0 Å². The maximum Gasteiger partial charge on any atom is 0.238 e. The van der Waals surface area contributed by atoms with Crippen molar-refractivity contribution in [1.82, 2.24) is 10.4 Å². The first-order valence-electron chi connectivity index (χ1n) is 6.39. The lowest BCUT2D eigenvalue weighted by atomic mass is 9.98. The van der Waals surface area contributed by atoms with Crippen LogP contribution in [-0.2, 0) is 4.79 Å². The fourth-order valence-corrected chi connectivity index (χ4v) is 3.48. The van der Waals surface area contributed by atoms with Crippen LogP contribution >= 0.6 is 11.3 Å². The first-order chi connectivity index (χ1) is 9.28. The van der Waals surface area contributed by atoms with Gasteiger partial charge >= 0.3 is 0 Å². The maximum atomic E-state index is 11.6. The Morgan fingerprint density at radius 2 is 2.32 bits per heavy atom. The van der Waals surface area contributed by atoms with Gasteiger partial charge in [0, 0.05) is 13.1 Å². The molecule has 1 aromatic heterocycles. The predicted molar refractivity (Wildman–Crippen MR) is 76.9 cm³/mol. The quantitative estimate of drug-likeness (QED) is 0.495. The molecule has 0 bridgehead atoms. The van der Waals surface area contributed by atoms with Crippen LogP contribution in [0.1, 0.15) is 12.8 Å². The van der Waals surface area contributed by atoms with Crippen molar-refractivity contribution in [2.24, 2.45) is 11.8 Å². The topological polar surface area (TPSA) is 71.2 Å². The third kappa shape index (κ3) is 2.41. The molecule has 0 saturated carbocycles. The maximum absolute atomic E-state index is 11.6. The monoisotopic (exact) mass is 276 g/mol. The fraction of sp³-hybridized carbons (Fsp3) is 0.385. The average molecular weight is 276 g/mol. The molecule has 6 heteroatoms. The number of hydrogen-bond donors (Lipinski definition) is 2. The number of aromatic nitrogens is 1. The second-order valence-electron chi connectivity index (χ2n) is 4.76. The molecule has 3 rings (SSSR count). The van der Waals surface area contributed by atoms with Crippen LogP contribution in [0.4, 0.5) is 5.13 Å². The second-order valence-corrected chi connectivity index (χ2v) is 5.77. The molecule has 2 heterocycles. The van der Waals surface area contributed by atoms with Gasteiger partial charge in [0.05, 0.1) is 16.1 Å². The van der Waals surface area contributed by atoms with Gasteiger partial charge in [-0.1, -0.05) is 23.5 Å². The highest BCUT2D eigenvalue weighted by molar-refractivity contribution is 7.22. The van der Waals surface area contributed by atoms with Gasteiger partial charge in [0.2, 0.25) is 5.91 Å². The number of nitrogens with one attached hydrogen (secondary N) is 1. The van der Waals surface area contributed by atoms with Crippen LogP contribution in [0.2, 0.25) is 0 Å². The van der Waals surface area contributed by atoms with Gasteiger partial charge in [0.1, 0.15) is 0 Å². The van der Waals surface area contributed by atoms with Gasteiger partial charge in [0.25, 0.3) is 0 Å². The molecule has 100 valence electrons. The van der Waals surface area contributed by atoms with E-state index in [-0.39, 0.29) is 11.8 Å². The van der Waals surface area contributed by atoms with Crippen molar-refractivity contribution in [1.29, 1.82) is 0 Å². The van der Waals surface area contributed by atoms with Crippen molar-refractivity contribution in [2.75, 3.05) is 18.0 Å². The van der Waals surface area contributed by atoms with Crippen LogP contribution in [0.25, 0.3) is 10.2 Å². The van der Waals surface area contributed by atoms with Gasteiger partial charge in [-0.2, -0.15) is 0 Å². The Morgan fingerprint density at radius 1 is 1.47 bits per heavy atom. The summed E-state index contributed by atoms with van der Waals surface area (Å²) in [5.41, 5.74) is 3.27. The summed E-state index contributed by atoms with van der Waals surface area (Å²) in [5, 5.41) is 0.996. The summed E-state index contributed by atoms with van der Waals surface area (Å²) in [6, 6.07) is 8.10. The summed E-state index contributed by atoms with van der Waals surface area (Å²) >= 11 is 1.68. The minimum absolute atomic E-state index is 0.0363. The third-order valence-electron chi connectivity index (χ3n) is 3.49. The normalized spacial score (nSPS) is 19.6. The summed E-state index contributed by atoms with van der Waals surface area (Å²) in [7, 11) is 0. The summed E-state index contributed by atoms with van der Waals surface area (Å²) in [6.45, 7) is 1.65. The largest absolute Gasteiger partial charge is 0.347 e. The molecule has 1 aromatic carbocycles. The standard InChI is InChI=1S/C13H16N4OS/c14-16-12(18)9-4-3-7-17(8-9)13-15-10-5-1-2-6-11(10)19-13/h1-2,5-6,9H,3-4,7-8,14H2,(H,16,18). The van der Waals surface area contributed by atoms with E-state index < -0.39 is 0 Å². The lowest BCUT2D eigenvalue weighted by Gasteiger charge is -2.31. The van der Waals surface area contributed by atoms with Crippen LogP contribution in [0.3, 0.4) is 0 Å². The highest BCUT2D eigenvalue weighted by Gasteiger charge is 2.26. The number of nitrogens with zero attached hydrogens (tertiary/aromatic N) is 2. The summed E-state index contributed by atoms with van der Waals surface area (Å²) < 4.78 is 1.18. The molecule has 2 aromatic rings. The zero-order chi connectivity index (χ0) is 13.2. The number of benzene rings is 1. The minimum atomic E-state index is -0.0780. The van der Waals surface area contributed by atoms with E-state index in [0.717, 1.165) is 30.0 Å². The fourth-order valence-electron chi connectivity index (χ4n) is 2.48. The van der Waals surface area contributed by atoms with E-state index in [1.165, 1.54) is 4.70 Å². The average Bonchev–Trinajstić information content (AvgIpc) is 2.90. The number of piperidine rings is 1. The van der Waals surface area contributed by atoms with Crippen LogP contribution < -0.4 is 16.2 Å². The van der Waals surface area contributed by atoms with Gasteiger partial charge in [0.15, 0.2) is 5.13 Å². The zero-order valence-electron chi connectivity index (χ0n) is 10.5. The van der Waals surface area contributed by atoms with Gasteiger partial charge in [-0.05, 0) is 25.0 Å². The number of thiazole rings is 1. The Balaban J connectivity index is 1.83.